The Bertz CT molecular complexity index is 1470. The van der Waals surface area contributed by atoms with Crippen molar-refractivity contribution in [3.63, 3.8) is 0 Å². The largest absolute Gasteiger partial charge is 0.454 e. The molecule has 0 aliphatic heterocycles. The normalized spacial score (nSPS) is 12.8. The van der Waals surface area contributed by atoms with E-state index >= 15 is 0 Å². The molecule has 0 unspecified atom stereocenters. The first-order valence-electron chi connectivity index (χ1n) is 10.6. The number of H-pyrrole nitrogens is 1. The predicted octanol–water partition coefficient (Wildman–Crippen LogP) is 5.24. The summed E-state index contributed by atoms with van der Waals surface area (Å²) in [6, 6.07) is 16.5. The minimum Gasteiger partial charge on any atom is -0.454 e. The van der Waals surface area contributed by atoms with E-state index in [1.54, 1.807) is 35.6 Å². The number of fused-ring (bicyclic) bond motifs is 3. The van der Waals surface area contributed by atoms with Crippen molar-refractivity contribution in [3.05, 3.63) is 86.3 Å². The van der Waals surface area contributed by atoms with Crippen LogP contribution in [0.4, 0.5) is 0 Å². The fourth-order valence-electron chi connectivity index (χ4n) is 3.98. The summed E-state index contributed by atoms with van der Waals surface area (Å²) in [5.41, 5.74) is 1.89. The number of thiophene rings is 1. The molecule has 4 aromatic rings. The molecule has 1 aliphatic rings. The van der Waals surface area contributed by atoms with E-state index in [1.165, 1.54) is 16.6 Å². The number of nitrogens with one attached hydrogen (secondary N) is 1. The lowest BCUT2D eigenvalue weighted by molar-refractivity contribution is 0.0458. The van der Waals surface area contributed by atoms with Gasteiger partial charge < -0.3 is 9.72 Å². The summed E-state index contributed by atoms with van der Waals surface area (Å²) in [5.74, 6) is -0.180. The van der Waals surface area contributed by atoms with Gasteiger partial charge in [-0.2, -0.15) is 5.26 Å². The molecule has 0 fully saturated rings. The van der Waals surface area contributed by atoms with Crippen LogP contribution in [0.3, 0.4) is 0 Å². The van der Waals surface area contributed by atoms with E-state index in [9.17, 15) is 14.9 Å². The minimum absolute atomic E-state index is 0.125. The highest BCUT2D eigenvalue weighted by molar-refractivity contribution is 7.99. The van der Waals surface area contributed by atoms with Crippen LogP contribution in [-0.2, 0) is 24.2 Å². The van der Waals surface area contributed by atoms with Gasteiger partial charge in [0.05, 0.1) is 16.5 Å². The van der Waals surface area contributed by atoms with Crippen LogP contribution in [0.2, 0.25) is 0 Å². The van der Waals surface area contributed by atoms with Crippen molar-refractivity contribution in [1.82, 2.24) is 9.97 Å². The Kier molecular flexibility index (Phi) is 5.99. The van der Waals surface area contributed by atoms with Gasteiger partial charge >= 0.3 is 5.97 Å². The Morgan fingerprint density at radius 3 is 2.73 bits per heavy atom. The fraction of sp³-hybridized carbons (Fsp3) is 0.200. The lowest BCUT2D eigenvalue weighted by atomic mass is 9.97. The van der Waals surface area contributed by atoms with Gasteiger partial charge in [-0.15, -0.1) is 11.3 Å². The number of aromatic nitrogens is 2. The van der Waals surface area contributed by atoms with E-state index in [1.807, 2.05) is 24.3 Å². The van der Waals surface area contributed by atoms with Crippen LogP contribution in [-0.4, -0.2) is 15.9 Å². The molecule has 0 radical (unpaired) electrons. The quantitative estimate of drug-likeness (QED) is 0.398. The van der Waals surface area contributed by atoms with E-state index < -0.39 is 5.97 Å². The van der Waals surface area contributed by atoms with Crippen molar-refractivity contribution in [2.24, 2.45) is 0 Å². The first-order valence-corrected chi connectivity index (χ1v) is 12.2. The number of nitrogens with zero attached hydrogens (tertiary/aromatic N) is 2. The maximum atomic E-state index is 12.9. The third kappa shape index (κ3) is 4.30. The highest BCUT2D eigenvalue weighted by Crippen LogP contribution is 2.34. The average Bonchev–Trinajstić information content (AvgIpc) is 3.22. The van der Waals surface area contributed by atoms with Gasteiger partial charge in [-0.3, -0.25) is 4.79 Å². The van der Waals surface area contributed by atoms with Crippen LogP contribution in [0.1, 0.15) is 45.0 Å². The van der Waals surface area contributed by atoms with Gasteiger partial charge in [0.1, 0.15) is 23.3 Å². The van der Waals surface area contributed by atoms with Crippen LogP contribution in [0.5, 0.6) is 0 Å². The number of aryl methyl sites for hydroxylation is 2. The van der Waals surface area contributed by atoms with E-state index in [4.69, 9.17) is 4.74 Å². The first-order chi connectivity index (χ1) is 16.1. The summed E-state index contributed by atoms with van der Waals surface area (Å²) >= 11 is 2.90. The Balaban J connectivity index is 1.36. The molecule has 0 spiro atoms. The van der Waals surface area contributed by atoms with Crippen molar-refractivity contribution >= 4 is 39.3 Å². The number of hydrogen-bond donors (Lipinski definition) is 1. The number of carbonyl (C=O) groups is 1. The number of nitriles is 1. The van der Waals surface area contributed by atoms with Crippen LogP contribution >= 0.6 is 23.1 Å². The lowest BCUT2D eigenvalue weighted by Gasteiger charge is -2.10. The zero-order valence-electron chi connectivity index (χ0n) is 17.6. The Morgan fingerprint density at radius 1 is 1.12 bits per heavy atom. The molecule has 1 aliphatic carbocycles. The number of aromatic amines is 1. The van der Waals surface area contributed by atoms with Crippen LogP contribution in [0, 0.1) is 11.3 Å². The van der Waals surface area contributed by atoms with Gasteiger partial charge in [0, 0.05) is 14.7 Å². The molecule has 1 N–H and O–H groups in total. The number of esters is 1. The molecule has 0 amide bonds. The number of carbonyl (C=O) groups excluding carboxylic acids is 1. The summed E-state index contributed by atoms with van der Waals surface area (Å²) in [6.45, 7) is -0.125. The third-order valence-electron chi connectivity index (χ3n) is 5.55. The fourth-order valence-corrected chi connectivity index (χ4v) is 6.28. The van der Waals surface area contributed by atoms with Crippen LogP contribution in [0.15, 0.2) is 63.1 Å². The van der Waals surface area contributed by atoms with E-state index in [0.29, 0.717) is 32.1 Å². The molecule has 5 rings (SSSR count). The third-order valence-corrected chi connectivity index (χ3v) is 7.89. The summed E-state index contributed by atoms with van der Waals surface area (Å²) < 4.78 is 5.51. The van der Waals surface area contributed by atoms with Crippen molar-refractivity contribution in [2.75, 3.05) is 0 Å². The summed E-state index contributed by atoms with van der Waals surface area (Å²) in [6.07, 6.45) is 4.13. The molecule has 0 atom stereocenters. The average molecular weight is 474 g/mol. The van der Waals surface area contributed by atoms with Gasteiger partial charge in [-0.05, 0) is 55.5 Å². The van der Waals surface area contributed by atoms with Crippen molar-refractivity contribution in [1.29, 1.82) is 5.26 Å². The molecule has 8 heteroatoms. The van der Waals surface area contributed by atoms with Gasteiger partial charge in [-0.25, -0.2) is 9.78 Å². The van der Waals surface area contributed by atoms with Gasteiger partial charge in [0.25, 0.3) is 5.56 Å². The smallest absolute Gasteiger partial charge is 0.339 e. The zero-order chi connectivity index (χ0) is 22.8. The SMILES string of the molecule is N#Cc1ccccc1Sc1ccccc1C(=O)OCc1nc2sc3c(c2c(=O)[nH]1)CCCC3. The Hall–Kier alpha value is -3.41. The Morgan fingerprint density at radius 2 is 1.88 bits per heavy atom. The number of benzene rings is 2. The summed E-state index contributed by atoms with van der Waals surface area (Å²) in [5, 5.41) is 10.0. The molecular formula is C25H19N3O3S2. The zero-order valence-corrected chi connectivity index (χ0v) is 19.2. The molecule has 2 heterocycles. The molecule has 0 saturated heterocycles. The van der Waals surface area contributed by atoms with Crippen LogP contribution < -0.4 is 5.56 Å². The van der Waals surface area contributed by atoms with Gasteiger partial charge in [0.15, 0.2) is 0 Å². The van der Waals surface area contributed by atoms with Crippen molar-refractivity contribution in [3.8, 4) is 6.07 Å². The van der Waals surface area contributed by atoms with E-state index in [-0.39, 0.29) is 12.2 Å². The second-order valence-electron chi connectivity index (χ2n) is 7.69. The molecule has 0 bridgehead atoms. The molecule has 33 heavy (non-hydrogen) atoms. The topological polar surface area (TPSA) is 95.8 Å². The second kappa shape index (κ2) is 9.22. The second-order valence-corrected chi connectivity index (χ2v) is 9.85. The Labute approximate surface area is 198 Å². The highest BCUT2D eigenvalue weighted by atomic mass is 32.2. The molecular weight excluding hydrogens is 454 g/mol. The summed E-state index contributed by atoms with van der Waals surface area (Å²) in [4.78, 5) is 36.3. The maximum absolute atomic E-state index is 12.9. The van der Waals surface area contributed by atoms with Crippen LogP contribution in [0.25, 0.3) is 10.2 Å². The predicted molar refractivity (Wildman–Crippen MR) is 128 cm³/mol. The van der Waals surface area contributed by atoms with Crippen molar-refractivity contribution in [2.45, 2.75) is 42.1 Å². The van der Waals surface area contributed by atoms with Gasteiger partial charge in [0.2, 0.25) is 0 Å². The summed E-state index contributed by atoms with van der Waals surface area (Å²) in [7, 11) is 0. The highest BCUT2D eigenvalue weighted by Gasteiger charge is 2.20. The molecule has 2 aromatic carbocycles. The lowest BCUT2D eigenvalue weighted by Crippen LogP contribution is -2.15. The number of hydrogen-bond acceptors (Lipinski definition) is 7. The molecule has 0 saturated carbocycles. The molecule has 2 aromatic heterocycles. The van der Waals surface area contributed by atoms with Crippen molar-refractivity contribution < 1.29 is 9.53 Å². The van der Waals surface area contributed by atoms with E-state index in [0.717, 1.165) is 36.1 Å². The number of ether oxygens (including phenoxy) is 1. The first kappa shape index (κ1) is 21.4. The van der Waals surface area contributed by atoms with E-state index in [2.05, 4.69) is 16.0 Å². The van der Waals surface area contributed by atoms with Gasteiger partial charge in [-0.1, -0.05) is 36.0 Å². The number of rotatable bonds is 5. The molecule has 164 valence electrons. The standard InChI is InChI=1S/C25H19N3O3S2/c26-13-15-7-1-4-10-18(15)32-20-12-6-3-9-17(20)25(30)31-14-21-27-23(29)22-16-8-2-5-11-19(16)33-24(22)28-21/h1,3-4,6-7,9-10,12H,2,5,8,11,14H2,(H,27,28,29). The molecule has 6 nitrogen and oxygen atoms in total. The monoisotopic (exact) mass is 473 g/mol. The maximum Gasteiger partial charge on any atom is 0.339 e. The minimum atomic E-state index is -0.513.